The van der Waals surface area contributed by atoms with Gasteiger partial charge in [0.05, 0.1) is 19.0 Å². The summed E-state index contributed by atoms with van der Waals surface area (Å²) in [6.07, 6.45) is -1.87. The van der Waals surface area contributed by atoms with E-state index in [4.69, 9.17) is 22.9 Å². The minimum atomic E-state index is -1.85. The summed E-state index contributed by atoms with van der Waals surface area (Å²) >= 11 is 7.84. The van der Waals surface area contributed by atoms with Crippen LogP contribution in [0.25, 0.3) is 0 Å². The Balaban J connectivity index is 6.83. The monoisotopic (exact) mass is 1120 g/mol. The highest BCUT2D eigenvalue weighted by Crippen LogP contribution is 2.15. The van der Waals surface area contributed by atoms with Crippen molar-refractivity contribution in [3.8, 4) is 0 Å². The lowest BCUT2D eigenvalue weighted by Gasteiger charge is -2.31. The molecule has 0 bridgehead atoms. The molecule has 30 heteroatoms. The van der Waals surface area contributed by atoms with E-state index in [2.05, 4.69) is 73.1 Å². The molecule has 0 aliphatic carbocycles. The highest BCUT2D eigenvalue weighted by atomic mass is 32.1. The zero-order valence-corrected chi connectivity index (χ0v) is 45.7. The van der Waals surface area contributed by atoms with Gasteiger partial charge < -0.3 is 81.0 Å². The van der Waals surface area contributed by atoms with E-state index >= 15 is 0 Å². The van der Waals surface area contributed by atoms with E-state index in [1.165, 1.54) is 0 Å². The molecule has 0 unspecified atom stereocenters. The Hall–Kier alpha value is -6.27. The van der Waals surface area contributed by atoms with Gasteiger partial charge in [-0.25, -0.2) is 4.79 Å². The largest absolute Gasteiger partial charge is 0.481 e. The van der Waals surface area contributed by atoms with Crippen LogP contribution in [0.15, 0.2) is 0 Å². The van der Waals surface area contributed by atoms with Crippen molar-refractivity contribution in [3.63, 3.8) is 0 Å². The molecular formula is C46H81N13O15S2. The predicted molar refractivity (Wildman–Crippen MR) is 282 cm³/mol. The topological polar surface area (TPSA) is 475 Å². The number of carbonyl (C=O) groups excluding carboxylic acids is 11. The van der Waals surface area contributed by atoms with Gasteiger partial charge in [0, 0.05) is 24.3 Å². The maximum absolute atomic E-state index is 14.3. The average Bonchev–Trinajstić information content (AvgIpc) is 3.35. The predicted octanol–water partition coefficient (Wildman–Crippen LogP) is -4.47. The summed E-state index contributed by atoms with van der Waals surface area (Å²) in [7, 11) is 0. The molecule has 0 aromatic rings. The van der Waals surface area contributed by atoms with E-state index in [1.807, 2.05) is 0 Å². The minimum absolute atomic E-state index is 0.0213. The summed E-state index contributed by atoms with van der Waals surface area (Å²) in [6.45, 7) is 10.0. The second-order valence-corrected chi connectivity index (χ2v) is 19.4. The van der Waals surface area contributed by atoms with E-state index in [-0.39, 0.29) is 43.2 Å². The highest BCUT2D eigenvalue weighted by molar-refractivity contribution is 7.80. The smallest absolute Gasteiger partial charge is 0.327 e. The maximum atomic E-state index is 14.3. The second kappa shape index (κ2) is 36.7. The van der Waals surface area contributed by atoms with E-state index in [9.17, 15) is 72.5 Å². The molecule has 0 spiro atoms. The molecular weight excluding hydrogens is 1040 g/mol. The van der Waals surface area contributed by atoms with E-state index in [1.54, 1.807) is 41.5 Å². The van der Waals surface area contributed by atoms with Crippen molar-refractivity contribution in [2.45, 2.75) is 167 Å². The van der Waals surface area contributed by atoms with Crippen LogP contribution in [0.4, 0.5) is 0 Å². The number of nitrogens with two attached hydrogens (primary N) is 4. The molecule has 432 valence electrons. The number of rotatable bonds is 39. The van der Waals surface area contributed by atoms with E-state index in [0.717, 1.165) is 0 Å². The van der Waals surface area contributed by atoms with Crippen molar-refractivity contribution in [1.82, 2.24) is 47.9 Å². The fourth-order valence-electron chi connectivity index (χ4n) is 7.03. The number of carboxylic acid groups (broad SMARTS) is 2. The Morgan fingerprint density at radius 3 is 1.37 bits per heavy atom. The SMILES string of the molecule is CC[C@H](C)[C@H](NC(=O)[C@H](CC(C)C)NC(=O)CNC(=O)[C@@H](N)CS)C(=O)N[C@H](C(=O)N[C@@H](CCC(N)=O)C(=O)N[C@@H](CCCCN)C(=O)N[C@@H](CC(N)=O)C(=O)N[C@@H](CCC(=O)O)C(=O)N[C@@H](CS)C(=O)O)[C@@H](C)CC. The van der Waals surface area contributed by atoms with Crippen molar-refractivity contribution in [2.24, 2.45) is 40.7 Å². The van der Waals surface area contributed by atoms with Gasteiger partial charge in [-0.3, -0.25) is 57.5 Å². The molecule has 0 aliphatic rings. The zero-order chi connectivity index (χ0) is 58.4. The molecule has 0 radical (unpaired) electrons. The number of primary amides is 2. The van der Waals surface area contributed by atoms with Crippen LogP contribution in [0.5, 0.6) is 0 Å². The summed E-state index contributed by atoms with van der Waals surface area (Å²) in [6, 6.07) is -13.0. The van der Waals surface area contributed by atoms with Crippen molar-refractivity contribution >= 4 is 102 Å². The Morgan fingerprint density at radius 1 is 0.500 bits per heavy atom. The van der Waals surface area contributed by atoms with Crippen LogP contribution in [-0.2, 0) is 62.3 Å². The number of unbranched alkanes of at least 4 members (excludes halogenated alkanes) is 1. The molecule has 19 N–H and O–H groups in total. The van der Waals surface area contributed by atoms with Gasteiger partial charge in [-0.2, -0.15) is 25.3 Å². The molecule has 0 fully saturated rings. The Labute approximate surface area is 452 Å². The molecule has 0 heterocycles. The van der Waals surface area contributed by atoms with Gasteiger partial charge >= 0.3 is 11.9 Å². The number of thiol groups is 2. The first-order valence-corrected chi connectivity index (χ1v) is 26.2. The van der Waals surface area contributed by atoms with Crippen molar-refractivity contribution in [2.75, 3.05) is 24.6 Å². The van der Waals surface area contributed by atoms with Gasteiger partial charge in [-0.05, 0) is 62.8 Å². The quantitative estimate of drug-likeness (QED) is 0.0204. The van der Waals surface area contributed by atoms with Gasteiger partial charge in [0.1, 0.15) is 48.3 Å². The number of nitrogens with one attached hydrogen (secondary N) is 9. The standard InChI is InChI=1S/C46H81N13O15S2/c1-7-23(5)36(59-45(72)37(24(6)8-2)58-43(70)29(17-22(3)4)52-34(62)19-51-38(65)25(48)20-75)44(71)55-27(12-14-32(49)60)40(67)53-26(11-9-10-16-47)39(66)56-30(18-33(50)61)42(69)54-28(13-15-35(63)64)41(68)57-31(21-76)46(73)74/h22-31,36-37,75-76H,7-21,47-48H2,1-6H3,(H2,49,60)(H2,50,61)(H,51,65)(H,52,62)(H,53,67)(H,54,69)(H,55,71)(H,56,66)(H,57,68)(H,58,70)(H,59,72)(H,63,64)(H,73,74)/t23-,24-,25-,26-,27-,28-,29-,30-,31-,36-,37-/m0/s1. The first-order chi connectivity index (χ1) is 35.6. The van der Waals surface area contributed by atoms with Crippen LogP contribution < -0.4 is 70.8 Å². The normalized spacial score (nSPS) is 15.4. The van der Waals surface area contributed by atoms with Gasteiger partial charge in [0.25, 0.3) is 0 Å². The highest BCUT2D eigenvalue weighted by Gasteiger charge is 2.37. The molecule has 0 rings (SSSR count). The van der Waals surface area contributed by atoms with Gasteiger partial charge in [0.15, 0.2) is 0 Å². The Kier molecular flexibility index (Phi) is 33.6. The summed E-state index contributed by atoms with van der Waals surface area (Å²) in [5, 5.41) is 40.6. The molecule has 11 atom stereocenters. The van der Waals surface area contributed by atoms with Crippen LogP contribution in [0.1, 0.15) is 112 Å². The molecule has 11 amide bonds. The molecule has 76 heavy (non-hydrogen) atoms. The van der Waals surface area contributed by atoms with Crippen LogP contribution in [0, 0.1) is 17.8 Å². The van der Waals surface area contributed by atoms with Crippen molar-refractivity contribution in [1.29, 1.82) is 0 Å². The minimum Gasteiger partial charge on any atom is -0.481 e. The first-order valence-electron chi connectivity index (χ1n) is 25.0. The van der Waals surface area contributed by atoms with Crippen LogP contribution in [-0.4, -0.2) is 166 Å². The van der Waals surface area contributed by atoms with E-state index < -0.39 is 182 Å². The third-order valence-electron chi connectivity index (χ3n) is 11.9. The molecule has 0 saturated carbocycles. The lowest BCUT2D eigenvalue weighted by atomic mass is 9.94. The fraction of sp³-hybridized carbons (Fsp3) is 0.717. The Morgan fingerprint density at radius 2 is 0.934 bits per heavy atom. The third-order valence-corrected chi connectivity index (χ3v) is 12.7. The summed E-state index contributed by atoms with van der Waals surface area (Å²) in [4.78, 5) is 169. The number of carbonyl (C=O) groups is 13. The molecule has 0 aromatic heterocycles. The van der Waals surface area contributed by atoms with Crippen molar-refractivity contribution in [3.05, 3.63) is 0 Å². The van der Waals surface area contributed by atoms with Gasteiger partial charge in [-0.15, -0.1) is 0 Å². The van der Waals surface area contributed by atoms with Crippen LogP contribution in [0.3, 0.4) is 0 Å². The lowest BCUT2D eigenvalue weighted by molar-refractivity contribution is -0.142. The Bertz CT molecular complexity index is 2020. The molecule has 0 aliphatic heterocycles. The zero-order valence-electron chi connectivity index (χ0n) is 43.9. The second-order valence-electron chi connectivity index (χ2n) is 18.7. The average molecular weight is 1120 g/mol. The van der Waals surface area contributed by atoms with Gasteiger partial charge in [0.2, 0.25) is 65.0 Å². The number of carboxylic acids is 2. The van der Waals surface area contributed by atoms with Crippen LogP contribution in [0.2, 0.25) is 0 Å². The molecule has 0 aromatic carbocycles. The fourth-order valence-corrected chi connectivity index (χ4v) is 7.44. The number of hydrogen-bond donors (Lipinski definition) is 17. The third kappa shape index (κ3) is 27.0. The summed E-state index contributed by atoms with van der Waals surface area (Å²) in [5.41, 5.74) is 22.2. The maximum Gasteiger partial charge on any atom is 0.327 e. The van der Waals surface area contributed by atoms with Crippen LogP contribution >= 0.6 is 25.3 Å². The first kappa shape index (κ1) is 69.7. The van der Waals surface area contributed by atoms with Crippen molar-refractivity contribution < 1.29 is 72.5 Å². The summed E-state index contributed by atoms with van der Waals surface area (Å²) in [5.74, 6) is -14.8. The lowest BCUT2D eigenvalue weighted by Crippen LogP contribution is -2.62. The number of amides is 11. The molecule has 0 saturated heterocycles. The number of aliphatic carboxylic acids is 2. The number of hydrogen-bond acceptors (Lipinski definition) is 17. The summed E-state index contributed by atoms with van der Waals surface area (Å²) < 4.78 is 0. The van der Waals surface area contributed by atoms with E-state index in [0.29, 0.717) is 19.3 Å². The van der Waals surface area contributed by atoms with Gasteiger partial charge in [-0.1, -0.05) is 54.4 Å². The molecule has 28 nitrogen and oxygen atoms in total.